The number of carbonyl (C=O) groups is 1. The number of hydrogen-bond acceptors (Lipinski definition) is 5. The predicted molar refractivity (Wildman–Crippen MR) is 84.0 cm³/mol. The van der Waals surface area contributed by atoms with Gasteiger partial charge in [0.25, 0.3) is 0 Å². The van der Waals surface area contributed by atoms with E-state index in [-0.39, 0.29) is 19.0 Å². The molecule has 2 heterocycles. The first kappa shape index (κ1) is 19.1. The highest BCUT2D eigenvalue weighted by Crippen LogP contribution is 2.32. The molecule has 0 aliphatic carbocycles. The molecular weight excluding hydrogens is 361 g/mol. The summed E-state index contributed by atoms with van der Waals surface area (Å²) < 4.78 is 40.4. The lowest BCUT2D eigenvalue weighted by Crippen LogP contribution is -2.40. The minimum atomic E-state index is -4.46. The fourth-order valence-electron chi connectivity index (χ4n) is 2.94. The number of nitrogens with two attached hydrogens (primary N) is 1. The van der Waals surface area contributed by atoms with Gasteiger partial charge in [0, 0.05) is 6.54 Å². The van der Waals surface area contributed by atoms with Crippen molar-refractivity contribution in [2.75, 3.05) is 6.54 Å². The topological polar surface area (TPSA) is 89.9 Å². The van der Waals surface area contributed by atoms with E-state index in [0.717, 1.165) is 18.6 Å². The van der Waals surface area contributed by atoms with Crippen LogP contribution in [0.4, 0.5) is 13.2 Å². The van der Waals surface area contributed by atoms with Gasteiger partial charge in [0.1, 0.15) is 6.33 Å². The molecule has 1 fully saturated rings. The maximum absolute atomic E-state index is 13.0. The van der Waals surface area contributed by atoms with E-state index in [1.165, 1.54) is 17.1 Å². The second-order valence-electron chi connectivity index (χ2n) is 5.63. The molecule has 2 N–H and O–H groups in total. The number of nitrogens with zero attached hydrogens (tertiary/aromatic N) is 5. The first-order valence-electron chi connectivity index (χ1n) is 7.33. The summed E-state index contributed by atoms with van der Waals surface area (Å²) >= 11 is 0. The molecule has 7 nitrogen and oxygen atoms in total. The molecule has 0 radical (unpaired) electrons. The van der Waals surface area contributed by atoms with Gasteiger partial charge in [-0.2, -0.15) is 13.2 Å². The van der Waals surface area contributed by atoms with Gasteiger partial charge in [-0.3, -0.25) is 9.69 Å². The first-order chi connectivity index (χ1) is 11.4. The van der Waals surface area contributed by atoms with Gasteiger partial charge in [0.2, 0.25) is 5.91 Å². The molecule has 25 heavy (non-hydrogen) atoms. The molecular formula is C14H16ClF3N6O. The van der Waals surface area contributed by atoms with Gasteiger partial charge >= 0.3 is 6.18 Å². The van der Waals surface area contributed by atoms with Gasteiger partial charge in [-0.25, -0.2) is 4.68 Å². The Morgan fingerprint density at radius 3 is 2.72 bits per heavy atom. The van der Waals surface area contributed by atoms with Crippen LogP contribution in [0.2, 0.25) is 0 Å². The average molecular weight is 377 g/mol. The molecule has 136 valence electrons. The highest BCUT2D eigenvalue weighted by atomic mass is 35.5. The summed E-state index contributed by atoms with van der Waals surface area (Å²) in [4.78, 5) is 13.3. The number of carbonyl (C=O) groups excluding carboxylic acids is 1. The molecule has 3 rings (SSSR count). The quantitative estimate of drug-likeness (QED) is 0.874. The van der Waals surface area contributed by atoms with Crippen LogP contribution in [0.1, 0.15) is 24.0 Å². The second-order valence-corrected chi connectivity index (χ2v) is 5.63. The molecule has 0 saturated carbocycles. The van der Waals surface area contributed by atoms with Gasteiger partial charge in [-0.05, 0) is 53.6 Å². The second kappa shape index (κ2) is 7.36. The lowest BCUT2D eigenvalue weighted by Gasteiger charge is -2.23. The van der Waals surface area contributed by atoms with E-state index in [9.17, 15) is 18.0 Å². The molecule has 1 aliphatic heterocycles. The van der Waals surface area contributed by atoms with E-state index in [2.05, 4.69) is 15.5 Å². The standard InChI is InChI=1S/C14H15F3N6O.ClH/c15-14(16,17)10-3-4-11(23-8-19-20-21-23)9(6-10)7-22-5-1-2-12(22)13(18)24;/h3-4,6,8,12H,1-2,5,7H2,(H2,18,24);1H/t12-;/m0./s1. The van der Waals surface area contributed by atoms with E-state index in [1.54, 1.807) is 4.90 Å². The van der Waals surface area contributed by atoms with E-state index >= 15 is 0 Å². The van der Waals surface area contributed by atoms with Crippen molar-refractivity contribution in [3.05, 3.63) is 35.7 Å². The van der Waals surface area contributed by atoms with Crippen molar-refractivity contribution in [2.24, 2.45) is 5.73 Å². The number of likely N-dealkylation sites (tertiary alicyclic amines) is 1. The van der Waals surface area contributed by atoms with Crippen LogP contribution in [0.15, 0.2) is 24.5 Å². The van der Waals surface area contributed by atoms with Crippen molar-refractivity contribution in [1.29, 1.82) is 0 Å². The van der Waals surface area contributed by atoms with Crippen molar-refractivity contribution in [3.8, 4) is 5.69 Å². The maximum Gasteiger partial charge on any atom is 0.416 e. The minimum absolute atomic E-state index is 0. The fourth-order valence-corrected chi connectivity index (χ4v) is 2.94. The Kier molecular flexibility index (Phi) is 5.63. The zero-order valence-corrected chi connectivity index (χ0v) is 13.8. The number of hydrogen-bond donors (Lipinski definition) is 1. The third-order valence-corrected chi connectivity index (χ3v) is 4.07. The number of amides is 1. The Bertz CT molecular complexity index is 737. The van der Waals surface area contributed by atoms with Crippen molar-refractivity contribution in [1.82, 2.24) is 25.1 Å². The molecule has 1 aromatic carbocycles. The van der Waals surface area contributed by atoms with Crippen LogP contribution in [0.5, 0.6) is 0 Å². The van der Waals surface area contributed by atoms with E-state index in [1.807, 2.05) is 0 Å². The average Bonchev–Trinajstić information content (AvgIpc) is 3.17. The molecule has 0 unspecified atom stereocenters. The number of halogens is 4. The van der Waals surface area contributed by atoms with Crippen molar-refractivity contribution >= 4 is 18.3 Å². The number of primary amides is 1. The van der Waals surface area contributed by atoms with Crippen molar-refractivity contribution < 1.29 is 18.0 Å². The normalized spacial score (nSPS) is 18.1. The summed E-state index contributed by atoms with van der Waals surface area (Å²) in [6, 6.07) is 2.90. The zero-order chi connectivity index (χ0) is 17.3. The smallest absolute Gasteiger partial charge is 0.368 e. The third kappa shape index (κ3) is 4.07. The number of alkyl halides is 3. The van der Waals surface area contributed by atoms with Crippen LogP contribution in [-0.4, -0.2) is 43.6 Å². The van der Waals surface area contributed by atoms with Gasteiger partial charge in [0.05, 0.1) is 17.3 Å². The summed E-state index contributed by atoms with van der Waals surface area (Å²) in [5.74, 6) is -0.469. The summed E-state index contributed by atoms with van der Waals surface area (Å²) in [7, 11) is 0. The third-order valence-electron chi connectivity index (χ3n) is 4.07. The molecule has 1 atom stereocenters. The van der Waals surface area contributed by atoms with Crippen LogP contribution >= 0.6 is 12.4 Å². The van der Waals surface area contributed by atoms with E-state index < -0.39 is 23.7 Å². The van der Waals surface area contributed by atoms with Crippen molar-refractivity contribution in [2.45, 2.75) is 31.6 Å². The van der Waals surface area contributed by atoms with Crippen LogP contribution < -0.4 is 5.73 Å². The molecule has 2 aromatic rings. The largest absolute Gasteiger partial charge is 0.416 e. The molecule has 1 aliphatic rings. The minimum Gasteiger partial charge on any atom is -0.368 e. The number of tetrazole rings is 1. The molecule has 0 bridgehead atoms. The Morgan fingerprint density at radius 2 is 2.12 bits per heavy atom. The summed E-state index contributed by atoms with van der Waals surface area (Å²) in [6.07, 6.45) is -1.77. The lowest BCUT2D eigenvalue weighted by molar-refractivity contribution is -0.137. The SMILES string of the molecule is Cl.NC(=O)[C@@H]1CCCN1Cc1cc(C(F)(F)F)ccc1-n1cnnn1. The Labute approximate surface area is 147 Å². The Morgan fingerprint density at radius 1 is 1.36 bits per heavy atom. The highest BCUT2D eigenvalue weighted by molar-refractivity contribution is 5.85. The van der Waals surface area contributed by atoms with E-state index in [0.29, 0.717) is 24.2 Å². The first-order valence-corrected chi connectivity index (χ1v) is 7.33. The molecule has 1 aromatic heterocycles. The summed E-state index contributed by atoms with van der Waals surface area (Å²) in [5.41, 5.74) is 5.43. The summed E-state index contributed by atoms with van der Waals surface area (Å²) in [5, 5.41) is 10.7. The number of rotatable bonds is 4. The van der Waals surface area contributed by atoms with Crippen LogP contribution in [-0.2, 0) is 17.5 Å². The molecule has 0 spiro atoms. The van der Waals surface area contributed by atoms with Crippen LogP contribution in [0, 0.1) is 0 Å². The summed E-state index contributed by atoms with van der Waals surface area (Å²) in [6.45, 7) is 0.756. The molecule has 1 saturated heterocycles. The fraction of sp³-hybridized carbons (Fsp3) is 0.429. The Balaban J connectivity index is 0.00000225. The van der Waals surface area contributed by atoms with E-state index in [4.69, 9.17) is 5.73 Å². The van der Waals surface area contributed by atoms with Crippen molar-refractivity contribution in [3.63, 3.8) is 0 Å². The number of benzene rings is 1. The lowest BCUT2D eigenvalue weighted by atomic mass is 10.1. The molecule has 11 heteroatoms. The maximum atomic E-state index is 13.0. The van der Waals surface area contributed by atoms with Crippen LogP contribution in [0.3, 0.4) is 0 Å². The predicted octanol–water partition coefficient (Wildman–Crippen LogP) is 1.55. The zero-order valence-electron chi connectivity index (χ0n) is 13.0. The number of aromatic nitrogens is 4. The molecule has 1 amide bonds. The van der Waals surface area contributed by atoms with Gasteiger partial charge in [-0.1, -0.05) is 0 Å². The van der Waals surface area contributed by atoms with Gasteiger partial charge in [0.15, 0.2) is 0 Å². The van der Waals surface area contributed by atoms with Crippen LogP contribution in [0.25, 0.3) is 5.69 Å². The highest BCUT2D eigenvalue weighted by Gasteiger charge is 2.33. The van der Waals surface area contributed by atoms with Gasteiger partial charge < -0.3 is 5.73 Å². The monoisotopic (exact) mass is 376 g/mol. The Hall–Kier alpha value is -2.20. The van der Waals surface area contributed by atoms with Gasteiger partial charge in [-0.15, -0.1) is 17.5 Å².